The molecule has 13 heavy (non-hydrogen) atoms. The second-order valence-corrected chi connectivity index (χ2v) is 2.60. The van der Waals surface area contributed by atoms with Crippen molar-refractivity contribution in [3.8, 4) is 0 Å². The van der Waals surface area contributed by atoms with Gasteiger partial charge < -0.3 is 4.98 Å². The number of aromatic amines is 1. The van der Waals surface area contributed by atoms with Gasteiger partial charge in [0, 0.05) is 6.42 Å². The zero-order chi connectivity index (χ0) is 9.26. The Labute approximate surface area is 74.2 Å². The monoisotopic (exact) mass is 176 g/mol. The second kappa shape index (κ2) is 2.93. The number of Topliss-reactive ketones (excluding diaryl/α,β-unsaturated/α-hetero) is 1. The fourth-order valence-electron chi connectivity index (χ4n) is 1.14. The van der Waals surface area contributed by atoms with Crippen LogP contribution in [0.4, 0.5) is 0 Å². The molecule has 0 amide bonds. The van der Waals surface area contributed by atoms with Crippen LogP contribution in [0.15, 0.2) is 12.7 Å². The SMILES string of the molecule is CCC(=O)c1ncnc2nc[nH]c12. The van der Waals surface area contributed by atoms with Gasteiger partial charge in [-0.05, 0) is 0 Å². The molecular weight excluding hydrogens is 168 g/mol. The number of aromatic nitrogens is 4. The van der Waals surface area contributed by atoms with Crippen LogP contribution in [0.3, 0.4) is 0 Å². The fourth-order valence-corrected chi connectivity index (χ4v) is 1.14. The lowest BCUT2D eigenvalue weighted by atomic mass is 10.2. The van der Waals surface area contributed by atoms with Gasteiger partial charge in [-0.15, -0.1) is 0 Å². The predicted molar refractivity (Wildman–Crippen MR) is 46.3 cm³/mol. The van der Waals surface area contributed by atoms with Gasteiger partial charge in [-0.25, -0.2) is 15.0 Å². The van der Waals surface area contributed by atoms with Crippen molar-refractivity contribution < 1.29 is 4.79 Å². The maximum atomic E-state index is 11.4. The highest BCUT2D eigenvalue weighted by Crippen LogP contribution is 2.10. The molecule has 0 aromatic carbocycles. The van der Waals surface area contributed by atoms with Gasteiger partial charge in [0.15, 0.2) is 11.4 Å². The van der Waals surface area contributed by atoms with Crippen LogP contribution in [0.25, 0.3) is 11.2 Å². The summed E-state index contributed by atoms with van der Waals surface area (Å²) < 4.78 is 0. The molecule has 1 N–H and O–H groups in total. The van der Waals surface area contributed by atoms with E-state index in [-0.39, 0.29) is 5.78 Å². The first-order valence-electron chi connectivity index (χ1n) is 4.00. The highest BCUT2D eigenvalue weighted by Gasteiger charge is 2.11. The Morgan fingerprint density at radius 2 is 2.31 bits per heavy atom. The van der Waals surface area contributed by atoms with E-state index in [4.69, 9.17) is 0 Å². The molecule has 0 aliphatic heterocycles. The van der Waals surface area contributed by atoms with Gasteiger partial charge in [0.1, 0.15) is 17.5 Å². The first-order chi connectivity index (χ1) is 6.33. The average molecular weight is 176 g/mol. The summed E-state index contributed by atoms with van der Waals surface area (Å²) in [7, 11) is 0. The molecule has 0 unspecified atom stereocenters. The molecule has 0 aliphatic rings. The van der Waals surface area contributed by atoms with E-state index >= 15 is 0 Å². The number of fused-ring (bicyclic) bond motifs is 1. The zero-order valence-electron chi connectivity index (χ0n) is 7.11. The van der Waals surface area contributed by atoms with Crippen LogP contribution < -0.4 is 0 Å². The Bertz CT molecular complexity index is 448. The number of hydrogen-bond acceptors (Lipinski definition) is 4. The minimum atomic E-state index is -0.00310. The van der Waals surface area contributed by atoms with Crippen molar-refractivity contribution in [2.75, 3.05) is 0 Å². The normalized spacial score (nSPS) is 10.5. The third kappa shape index (κ3) is 1.18. The van der Waals surface area contributed by atoms with Crippen molar-refractivity contribution in [3.05, 3.63) is 18.3 Å². The Hall–Kier alpha value is -1.78. The van der Waals surface area contributed by atoms with E-state index in [9.17, 15) is 4.79 Å². The molecule has 0 spiro atoms. The number of ketones is 1. The summed E-state index contributed by atoms with van der Waals surface area (Å²) in [4.78, 5) is 26.0. The molecule has 5 nitrogen and oxygen atoms in total. The average Bonchev–Trinajstić information content (AvgIpc) is 2.63. The molecule has 0 fully saturated rings. The second-order valence-electron chi connectivity index (χ2n) is 2.60. The van der Waals surface area contributed by atoms with E-state index in [0.29, 0.717) is 23.3 Å². The molecule has 0 saturated heterocycles. The lowest BCUT2D eigenvalue weighted by Crippen LogP contribution is -2.01. The van der Waals surface area contributed by atoms with Crippen LogP contribution in [-0.2, 0) is 0 Å². The standard InChI is InChI=1S/C8H8N4O/c1-2-5(13)6-7-8(11-3-9-6)12-4-10-7/h3-4H,2H2,1H3,(H,9,10,11,12). The summed E-state index contributed by atoms with van der Waals surface area (Å²) in [5, 5.41) is 0. The minimum Gasteiger partial charge on any atom is -0.341 e. The molecule has 2 aromatic heterocycles. The van der Waals surface area contributed by atoms with Crippen molar-refractivity contribution >= 4 is 16.9 Å². The lowest BCUT2D eigenvalue weighted by Gasteiger charge is -1.96. The van der Waals surface area contributed by atoms with Crippen molar-refractivity contribution in [2.45, 2.75) is 13.3 Å². The zero-order valence-corrected chi connectivity index (χ0v) is 7.11. The Balaban J connectivity index is 2.67. The predicted octanol–water partition coefficient (Wildman–Crippen LogP) is 0.946. The molecule has 5 heteroatoms. The maximum absolute atomic E-state index is 11.4. The van der Waals surface area contributed by atoms with E-state index in [0.717, 1.165) is 0 Å². The minimum absolute atomic E-state index is 0.00310. The number of carbonyl (C=O) groups excluding carboxylic acids is 1. The van der Waals surface area contributed by atoms with Crippen LogP contribution in [0.1, 0.15) is 23.8 Å². The van der Waals surface area contributed by atoms with Crippen LogP contribution in [0.5, 0.6) is 0 Å². The van der Waals surface area contributed by atoms with Gasteiger partial charge in [-0.2, -0.15) is 0 Å². The van der Waals surface area contributed by atoms with E-state index in [1.54, 1.807) is 6.92 Å². The van der Waals surface area contributed by atoms with E-state index in [1.807, 2.05) is 0 Å². The van der Waals surface area contributed by atoms with Gasteiger partial charge in [0.25, 0.3) is 0 Å². The van der Waals surface area contributed by atoms with Crippen molar-refractivity contribution in [2.24, 2.45) is 0 Å². The molecular formula is C8H8N4O. The van der Waals surface area contributed by atoms with E-state index in [1.165, 1.54) is 12.7 Å². The summed E-state index contributed by atoms with van der Waals surface area (Å²) >= 11 is 0. The van der Waals surface area contributed by atoms with E-state index in [2.05, 4.69) is 19.9 Å². The van der Waals surface area contributed by atoms with Crippen molar-refractivity contribution in [1.82, 2.24) is 19.9 Å². The van der Waals surface area contributed by atoms with Gasteiger partial charge >= 0.3 is 0 Å². The first kappa shape index (κ1) is 7.85. The van der Waals surface area contributed by atoms with Crippen LogP contribution >= 0.6 is 0 Å². The third-order valence-corrected chi connectivity index (χ3v) is 1.81. The smallest absolute Gasteiger partial charge is 0.183 e. The number of imidazole rings is 1. The third-order valence-electron chi connectivity index (χ3n) is 1.81. The number of nitrogens with one attached hydrogen (secondary N) is 1. The Kier molecular flexibility index (Phi) is 1.77. The number of carbonyl (C=O) groups is 1. The summed E-state index contributed by atoms with van der Waals surface area (Å²) in [6.07, 6.45) is 3.29. The largest absolute Gasteiger partial charge is 0.341 e. The van der Waals surface area contributed by atoms with Gasteiger partial charge in [0.05, 0.1) is 6.33 Å². The first-order valence-corrected chi connectivity index (χ1v) is 4.00. The Morgan fingerprint density at radius 1 is 1.46 bits per heavy atom. The van der Waals surface area contributed by atoms with Crippen LogP contribution in [0, 0.1) is 0 Å². The molecule has 0 atom stereocenters. The van der Waals surface area contributed by atoms with Crippen molar-refractivity contribution in [1.29, 1.82) is 0 Å². The number of hydrogen-bond donors (Lipinski definition) is 1. The Morgan fingerprint density at radius 3 is 3.08 bits per heavy atom. The van der Waals surface area contributed by atoms with Gasteiger partial charge in [-0.3, -0.25) is 4.79 Å². The molecule has 2 heterocycles. The summed E-state index contributed by atoms with van der Waals surface area (Å²) in [6, 6.07) is 0. The van der Waals surface area contributed by atoms with Crippen LogP contribution in [-0.4, -0.2) is 25.7 Å². The maximum Gasteiger partial charge on any atom is 0.183 e. The molecule has 0 bridgehead atoms. The highest BCUT2D eigenvalue weighted by atomic mass is 16.1. The molecule has 2 rings (SSSR count). The molecule has 2 aromatic rings. The summed E-state index contributed by atoms with van der Waals surface area (Å²) in [5.74, 6) is -0.00310. The molecule has 0 aliphatic carbocycles. The summed E-state index contributed by atoms with van der Waals surface area (Å²) in [5.41, 5.74) is 1.58. The topological polar surface area (TPSA) is 71.5 Å². The fraction of sp³-hybridized carbons (Fsp3) is 0.250. The van der Waals surface area contributed by atoms with Gasteiger partial charge in [0.2, 0.25) is 0 Å². The van der Waals surface area contributed by atoms with Crippen molar-refractivity contribution in [3.63, 3.8) is 0 Å². The van der Waals surface area contributed by atoms with Gasteiger partial charge in [-0.1, -0.05) is 6.92 Å². The quantitative estimate of drug-likeness (QED) is 0.691. The number of H-pyrrole nitrogens is 1. The van der Waals surface area contributed by atoms with E-state index < -0.39 is 0 Å². The molecule has 66 valence electrons. The number of rotatable bonds is 2. The summed E-state index contributed by atoms with van der Waals surface area (Å²) in [6.45, 7) is 1.80. The lowest BCUT2D eigenvalue weighted by molar-refractivity contribution is 0.0985. The van der Waals surface area contributed by atoms with Crippen LogP contribution in [0.2, 0.25) is 0 Å². The number of nitrogens with zero attached hydrogens (tertiary/aromatic N) is 3. The highest BCUT2D eigenvalue weighted by molar-refractivity contribution is 6.03. The molecule has 0 saturated carbocycles. The molecule has 0 radical (unpaired) electrons.